The van der Waals surface area contributed by atoms with Crippen LogP contribution in [0.15, 0.2) is 18.3 Å². The van der Waals surface area contributed by atoms with Gasteiger partial charge in [-0.1, -0.05) is 0 Å². The number of hydrogen-bond acceptors (Lipinski definition) is 5. The topological polar surface area (TPSA) is 85.6 Å². The van der Waals surface area contributed by atoms with Crippen molar-refractivity contribution < 1.29 is 14.5 Å². The summed E-state index contributed by atoms with van der Waals surface area (Å²) in [6, 6.07) is 2.83. The van der Waals surface area contributed by atoms with Gasteiger partial charge in [0, 0.05) is 19.5 Å². The monoisotopic (exact) mass is 265 g/mol. The van der Waals surface area contributed by atoms with Gasteiger partial charge in [-0.05, 0) is 28.8 Å². The molecule has 1 saturated heterocycles. The van der Waals surface area contributed by atoms with E-state index >= 15 is 0 Å². The smallest absolute Gasteiger partial charge is 0.363 e. The zero-order valence-corrected chi connectivity index (χ0v) is 10.6. The molecule has 1 fully saturated rings. The van der Waals surface area contributed by atoms with Crippen molar-refractivity contribution in [3.05, 3.63) is 28.4 Å². The minimum absolute atomic E-state index is 0.0372. The molecule has 7 nitrogen and oxygen atoms in total. The molecule has 0 spiro atoms. The summed E-state index contributed by atoms with van der Waals surface area (Å²) in [4.78, 5) is 26.7. The average molecular weight is 265 g/mol. The summed E-state index contributed by atoms with van der Waals surface area (Å²) >= 11 is 0. The predicted octanol–water partition coefficient (Wildman–Crippen LogP) is 1.38. The van der Waals surface area contributed by atoms with Gasteiger partial charge in [-0.25, -0.2) is 0 Å². The van der Waals surface area contributed by atoms with Crippen molar-refractivity contribution in [3.8, 4) is 5.75 Å². The molecule has 1 aromatic heterocycles. The summed E-state index contributed by atoms with van der Waals surface area (Å²) in [6.07, 6.45) is 3.01. The average Bonchev–Trinajstić information content (AvgIpc) is 2.39. The lowest BCUT2D eigenvalue weighted by molar-refractivity contribution is -0.389. The van der Waals surface area contributed by atoms with E-state index in [2.05, 4.69) is 4.98 Å². The van der Waals surface area contributed by atoms with Gasteiger partial charge in [0.25, 0.3) is 0 Å². The van der Waals surface area contributed by atoms with Crippen LogP contribution in [-0.4, -0.2) is 39.9 Å². The van der Waals surface area contributed by atoms with Gasteiger partial charge in [0.05, 0.1) is 6.54 Å². The van der Waals surface area contributed by atoms with Gasteiger partial charge >= 0.3 is 5.82 Å². The van der Waals surface area contributed by atoms with E-state index in [-0.39, 0.29) is 17.8 Å². The lowest BCUT2D eigenvalue weighted by Gasteiger charge is -2.31. The SMILES string of the molecule is CC(=O)N1CCC[C@H](Oc2ccc([N+](=O)[O-])nc2)C1. The third kappa shape index (κ3) is 3.40. The van der Waals surface area contributed by atoms with Gasteiger partial charge in [-0.2, -0.15) is 0 Å². The molecule has 19 heavy (non-hydrogen) atoms. The van der Waals surface area contributed by atoms with E-state index in [4.69, 9.17) is 4.74 Å². The first kappa shape index (κ1) is 13.3. The Labute approximate surface area is 110 Å². The number of rotatable bonds is 3. The first-order chi connectivity index (χ1) is 9.06. The summed E-state index contributed by atoms with van der Waals surface area (Å²) in [5.41, 5.74) is 0. The third-order valence-electron chi connectivity index (χ3n) is 3.03. The van der Waals surface area contributed by atoms with E-state index in [1.807, 2.05) is 0 Å². The number of carbonyl (C=O) groups excluding carboxylic acids is 1. The largest absolute Gasteiger partial charge is 0.485 e. The number of hydrogen-bond donors (Lipinski definition) is 0. The minimum Gasteiger partial charge on any atom is -0.485 e. The summed E-state index contributed by atoms with van der Waals surface area (Å²) in [6.45, 7) is 2.84. The van der Waals surface area contributed by atoms with Crippen molar-refractivity contribution in [1.29, 1.82) is 0 Å². The molecule has 1 atom stereocenters. The summed E-state index contributed by atoms with van der Waals surface area (Å²) < 4.78 is 5.69. The number of likely N-dealkylation sites (tertiary alicyclic amines) is 1. The highest BCUT2D eigenvalue weighted by Crippen LogP contribution is 2.19. The molecule has 7 heteroatoms. The van der Waals surface area contributed by atoms with Gasteiger partial charge in [0.1, 0.15) is 6.10 Å². The molecule has 0 aliphatic carbocycles. The van der Waals surface area contributed by atoms with Crippen LogP contribution in [0.4, 0.5) is 5.82 Å². The van der Waals surface area contributed by atoms with Gasteiger partial charge in [-0.15, -0.1) is 0 Å². The lowest BCUT2D eigenvalue weighted by Crippen LogP contribution is -2.43. The maximum absolute atomic E-state index is 11.3. The predicted molar refractivity (Wildman–Crippen MR) is 66.8 cm³/mol. The number of nitrogens with zero attached hydrogens (tertiary/aromatic N) is 3. The Morgan fingerprint density at radius 3 is 2.95 bits per heavy atom. The number of piperidine rings is 1. The number of carbonyl (C=O) groups is 1. The van der Waals surface area contributed by atoms with Crippen LogP contribution in [0.1, 0.15) is 19.8 Å². The fourth-order valence-corrected chi connectivity index (χ4v) is 2.06. The molecule has 0 aromatic carbocycles. The van der Waals surface area contributed by atoms with Crippen molar-refractivity contribution in [3.63, 3.8) is 0 Å². The molecule has 2 heterocycles. The summed E-state index contributed by atoms with van der Waals surface area (Å²) in [7, 11) is 0. The van der Waals surface area contributed by atoms with E-state index < -0.39 is 4.92 Å². The standard InChI is InChI=1S/C12H15N3O4/c1-9(16)14-6-2-3-11(8-14)19-10-4-5-12(13-7-10)15(17)18/h4-5,7,11H,2-3,6,8H2,1H3/t11-/m0/s1. The van der Waals surface area contributed by atoms with Crippen molar-refractivity contribution in [1.82, 2.24) is 9.88 Å². The molecule has 0 radical (unpaired) electrons. The number of ether oxygens (including phenoxy) is 1. The van der Waals surface area contributed by atoms with Crippen LogP contribution in [0.5, 0.6) is 5.75 Å². The molecule has 102 valence electrons. The maximum Gasteiger partial charge on any atom is 0.363 e. The van der Waals surface area contributed by atoms with E-state index in [1.165, 1.54) is 25.3 Å². The van der Waals surface area contributed by atoms with Crippen LogP contribution in [0.2, 0.25) is 0 Å². The number of amides is 1. The van der Waals surface area contributed by atoms with Gasteiger partial charge < -0.3 is 19.8 Å². The molecule has 1 aliphatic rings. The first-order valence-corrected chi connectivity index (χ1v) is 6.09. The van der Waals surface area contributed by atoms with E-state index in [9.17, 15) is 14.9 Å². The zero-order chi connectivity index (χ0) is 13.8. The summed E-state index contributed by atoms with van der Waals surface area (Å²) in [5, 5.41) is 10.5. The second kappa shape index (κ2) is 5.64. The number of aromatic nitrogens is 1. The molecule has 0 N–H and O–H groups in total. The fourth-order valence-electron chi connectivity index (χ4n) is 2.06. The van der Waals surface area contributed by atoms with Gasteiger partial charge in [-0.3, -0.25) is 4.79 Å². The highest BCUT2D eigenvalue weighted by atomic mass is 16.6. The van der Waals surface area contributed by atoms with Crippen LogP contribution in [-0.2, 0) is 4.79 Å². The van der Waals surface area contributed by atoms with E-state index in [0.717, 1.165) is 19.4 Å². The van der Waals surface area contributed by atoms with Gasteiger partial charge in [0.15, 0.2) is 11.9 Å². The van der Waals surface area contributed by atoms with Crippen LogP contribution in [0.3, 0.4) is 0 Å². The van der Waals surface area contributed by atoms with Crippen molar-refractivity contribution in [2.75, 3.05) is 13.1 Å². The maximum atomic E-state index is 11.3. The van der Waals surface area contributed by atoms with Crippen molar-refractivity contribution >= 4 is 11.7 Å². The Morgan fingerprint density at radius 2 is 2.37 bits per heavy atom. The van der Waals surface area contributed by atoms with Crippen LogP contribution < -0.4 is 4.74 Å². The summed E-state index contributed by atoms with van der Waals surface area (Å²) in [5.74, 6) is 0.317. The number of nitro groups is 1. The molecule has 1 amide bonds. The highest BCUT2D eigenvalue weighted by Gasteiger charge is 2.23. The third-order valence-corrected chi connectivity index (χ3v) is 3.03. The second-order valence-electron chi connectivity index (χ2n) is 4.46. The quantitative estimate of drug-likeness (QED) is 0.608. The molecule has 1 aliphatic heterocycles. The molecular formula is C12H15N3O4. The second-order valence-corrected chi connectivity index (χ2v) is 4.46. The van der Waals surface area contributed by atoms with Crippen molar-refractivity contribution in [2.45, 2.75) is 25.9 Å². The Hall–Kier alpha value is -2.18. The Bertz CT molecular complexity index is 474. The zero-order valence-electron chi connectivity index (χ0n) is 10.6. The Balaban J connectivity index is 1.96. The van der Waals surface area contributed by atoms with Gasteiger partial charge in [0.2, 0.25) is 5.91 Å². The molecule has 0 bridgehead atoms. The molecule has 1 aromatic rings. The molecule has 0 unspecified atom stereocenters. The van der Waals surface area contributed by atoms with Crippen LogP contribution in [0.25, 0.3) is 0 Å². The molecule has 0 saturated carbocycles. The normalized spacial score (nSPS) is 19.0. The van der Waals surface area contributed by atoms with Crippen LogP contribution in [0, 0.1) is 10.1 Å². The van der Waals surface area contributed by atoms with Crippen LogP contribution >= 0.6 is 0 Å². The van der Waals surface area contributed by atoms with Crippen molar-refractivity contribution in [2.24, 2.45) is 0 Å². The number of pyridine rings is 1. The Kier molecular flexibility index (Phi) is 3.94. The first-order valence-electron chi connectivity index (χ1n) is 6.09. The Morgan fingerprint density at radius 1 is 1.58 bits per heavy atom. The molecule has 2 rings (SSSR count). The van der Waals surface area contributed by atoms with E-state index in [0.29, 0.717) is 12.3 Å². The highest BCUT2D eigenvalue weighted by molar-refractivity contribution is 5.73. The fraction of sp³-hybridized carbons (Fsp3) is 0.500. The molecular weight excluding hydrogens is 250 g/mol. The lowest BCUT2D eigenvalue weighted by atomic mass is 10.1. The van der Waals surface area contributed by atoms with E-state index in [1.54, 1.807) is 4.90 Å². The minimum atomic E-state index is -0.554.